The Hall–Kier alpha value is -1.55. The third-order valence-corrected chi connectivity index (χ3v) is 4.48. The third-order valence-electron chi connectivity index (χ3n) is 4.48. The number of rotatable bonds is 5. The van der Waals surface area contributed by atoms with Crippen LogP contribution < -0.4 is 11.1 Å². The largest absolute Gasteiger partial charge is 0.393 e. The first-order valence-corrected chi connectivity index (χ1v) is 7.95. The normalized spacial score (nSPS) is 24.0. The zero-order chi connectivity index (χ0) is 15.2. The topological polar surface area (TPSA) is 70.6 Å². The Morgan fingerprint density at radius 1 is 1.38 bits per heavy atom. The number of aliphatic imine (C=N–C) groups is 1. The molecule has 0 radical (unpaired) electrons. The molecule has 1 aromatic rings. The maximum atomic E-state index is 9.77. The van der Waals surface area contributed by atoms with Gasteiger partial charge in [-0.3, -0.25) is 4.99 Å². The first kappa shape index (κ1) is 15.8. The van der Waals surface area contributed by atoms with Gasteiger partial charge >= 0.3 is 0 Å². The molecule has 21 heavy (non-hydrogen) atoms. The average Bonchev–Trinajstić information content (AvgIpc) is 2.90. The Bertz CT molecular complexity index is 469. The van der Waals surface area contributed by atoms with E-state index < -0.39 is 0 Å². The van der Waals surface area contributed by atoms with Crippen molar-refractivity contribution in [2.45, 2.75) is 51.6 Å². The molecule has 1 saturated carbocycles. The number of nitrogens with one attached hydrogen (secondary N) is 1. The Labute approximate surface area is 127 Å². The van der Waals surface area contributed by atoms with Crippen LogP contribution in [-0.4, -0.2) is 23.7 Å². The molecule has 0 aromatic heterocycles. The van der Waals surface area contributed by atoms with Crippen LogP contribution in [0.1, 0.15) is 51.0 Å². The number of benzene rings is 1. The molecule has 4 N–H and O–H groups in total. The summed E-state index contributed by atoms with van der Waals surface area (Å²) in [6.45, 7) is 5.02. The van der Waals surface area contributed by atoms with Gasteiger partial charge in [0.25, 0.3) is 0 Å². The SMILES string of the molecule is CCC(C)c1ccc(NC(N)=NCC2CCCC2O)cc1. The van der Waals surface area contributed by atoms with Gasteiger partial charge in [-0.2, -0.15) is 0 Å². The quantitative estimate of drug-likeness (QED) is 0.576. The molecular weight excluding hydrogens is 262 g/mol. The van der Waals surface area contributed by atoms with Gasteiger partial charge in [0, 0.05) is 18.2 Å². The van der Waals surface area contributed by atoms with Gasteiger partial charge in [-0.05, 0) is 42.9 Å². The number of nitrogens with two attached hydrogens (primary N) is 1. The first-order valence-electron chi connectivity index (χ1n) is 7.95. The van der Waals surface area contributed by atoms with Gasteiger partial charge in [-0.15, -0.1) is 0 Å². The Morgan fingerprint density at radius 3 is 2.67 bits per heavy atom. The summed E-state index contributed by atoms with van der Waals surface area (Å²) in [7, 11) is 0. The standard InChI is InChI=1S/C17H27N3O/c1-3-12(2)13-7-9-15(10-8-13)20-17(18)19-11-14-5-4-6-16(14)21/h7-10,12,14,16,21H,3-6,11H2,1-2H3,(H3,18,19,20). The number of aliphatic hydroxyl groups excluding tert-OH is 1. The van der Waals surface area contributed by atoms with Crippen molar-refractivity contribution in [3.05, 3.63) is 29.8 Å². The summed E-state index contributed by atoms with van der Waals surface area (Å²) in [6, 6.07) is 8.33. The molecule has 3 unspecified atom stereocenters. The van der Waals surface area contributed by atoms with E-state index in [1.54, 1.807) is 0 Å². The molecular formula is C17H27N3O. The highest BCUT2D eigenvalue weighted by Crippen LogP contribution is 2.25. The van der Waals surface area contributed by atoms with E-state index in [9.17, 15) is 5.11 Å². The molecule has 1 aromatic carbocycles. The summed E-state index contributed by atoms with van der Waals surface area (Å²) in [6.07, 6.45) is 3.95. The van der Waals surface area contributed by atoms with E-state index in [4.69, 9.17) is 5.73 Å². The number of anilines is 1. The highest BCUT2D eigenvalue weighted by atomic mass is 16.3. The first-order chi connectivity index (χ1) is 10.1. The van der Waals surface area contributed by atoms with Crippen LogP contribution in [0.4, 0.5) is 5.69 Å². The van der Waals surface area contributed by atoms with Crippen molar-refractivity contribution in [1.29, 1.82) is 0 Å². The van der Waals surface area contributed by atoms with Crippen LogP contribution in [0, 0.1) is 5.92 Å². The van der Waals surface area contributed by atoms with Gasteiger partial charge in [0.1, 0.15) is 0 Å². The highest BCUT2D eigenvalue weighted by molar-refractivity contribution is 5.92. The number of nitrogens with zero attached hydrogens (tertiary/aromatic N) is 1. The fourth-order valence-corrected chi connectivity index (χ4v) is 2.76. The Morgan fingerprint density at radius 2 is 2.10 bits per heavy atom. The number of aliphatic hydroxyl groups is 1. The van der Waals surface area contributed by atoms with Crippen molar-refractivity contribution in [2.75, 3.05) is 11.9 Å². The number of hydrogen-bond donors (Lipinski definition) is 3. The van der Waals surface area contributed by atoms with Crippen molar-refractivity contribution in [3.8, 4) is 0 Å². The monoisotopic (exact) mass is 289 g/mol. The number of guanidine groups is 1. The molecule has 1 aliphatic carbocycles. The molecule has 4 heteroatoms. The van der Waals surface area contributed by atoms with Crippen LogP contribution in [0.15, 0.2) is 29.3 Å². The second-order valence-electron chi connectivity index (χ2n) is 6.04. The molecule has 4 nitrogen and oxygen atoms in total. The van der Waals surface area contributed by atoms with Crippen molar-refractivity contribution in [1.82, 2.24) is 0 Å². The minimum absolute atomic E-state index is 0.212. The zero-order valence-electron chi connectivity index (χ0n) is 13.0. The van der Waals surface area contributed by atoms with Crippen molar-refractivity contribution >= 4 is 11.6 Å². The van der Waals surface area contributed by atoms with Crippen molar-refractivity contribution < 1.29 is 5.11 Å². The summed E-state index contributed by atoms with van der Waals surface area (Å²) >= 11 is 0. The van der Waals surface area contributed by atoms with E-state index >= 15 is 0 Å². The van der Waals surface area contributed by atoms with Gasteiger partial charge in [0.2, 0.25) is 0 Å². The maximum Gasteiger partial charge on any atom is 0.193 e. The van der Waals surface area contributed by atoms with E-state index in [1.165, 1.54) is 5.56 Å². The summed E-state index contributed by atoms with van der Waals surface area (Å²) in [5.74, 6) is 1.26. The lowest BCUT2D eigenvalue weighted by molar-refractivity contribution is 0.137. The van der Waals surface area contributed by atoms with Crippen LogP contribution in [0.25, 0.3) is 0 Å². The predicted octanol–water partition coefficient (Wildman–Crippen LogP) is 3.09. The van der Waals surface area contributed by atoms with Crippen molar-refractivity contribution in [3.63, 3.8) is 0 Å². The van der Waals surface area contributed by atoms with E-state index in [0.717, 1.165) is 31.4 Å². The summed E-state index contributed by atoms with van der Waals surface area (Å²) in [5, 5.41) is 12.9. The van der Waals surface area contributed by atoms with Gasteiger partial charge in [0.15, 0.2) is 5.96 Å². The molecule has 2 rings (SSSR count). The summed E-state index contributed by atoms with van der Waals surface area (Å²) in [4.78, 5) is 4.35. The van der Waals surface area contributed by atoms with E-state index in [1.807, 2.05) is 12.1 Å². The molecule has 0 aliphatic heterocycles. The average molecular weight is 289 g/mol. The number of hydrogen-bond acceptors (Lipinski definition) is 2. The molecule has 1 aliphatic rings. The van der Waals surface area contributed by atoms with Crippen LogP contribution in [-0.2, 0) is 0 Å². The lowest BCUT2D eigenvalue weighted by atomic mass is 9.99. The molecule has 0 spiro atoms. The highest BCUT2D eigenvalue weighted by Gasteiger charge is 2.24. The smallest absolute Gasteiger partial charge is 0.193 e. The van der Waals surface area contributed by atoms with E-state index in [-0.39, 0.29) is 12.0 Å². The van der Waals surface area contributed by atoms with Crippen LogP contribution >= 0.6 is 0 Å². The molecule has 0 saturated heterocycles. The molecule has 0 bridgehead atoms. The van der Waals surface area contributed by atoms with Gasteiger partial charge in [0.05, 0.1) is 6.10 Å². The van der Waals surface area contributed by atoms with E-state index in [2.05, 4.69) is 36.3 Å². The minimum Gasteiger partial charge on any atom is -0.393 e. The minimum atomic E-state index is -0.212. The van der Waals surface area contributed by atoms with Crippen LogP contribution in [0.2, 0.25) is 0 Å². The van der Waals surface area contributed by atoms with Gasteiger partial charge in [-0.1, -0.05) is 32.4 Å². The zero-order valence-corrected chi connectivity index (χ0v) is 13.0. The molecule has 0 amide bonds. The van der Waals surface area contributed by atoms with Gasteiger partial charge < -0.3 is 16.2 Å². The van der Waals surface area contributed by atoms with Gasteiger partial charge in [-0.25, -0.2) is 0 Å². The second kappa shape index (κ2) is 7.46. The molecule has 0 heterocycles. The summed E-state index contributed by atoms with van der Waals surface area (Å²) < 4.78 is 0. The van der Waals surface area contributed by atoms with Crippen LogP contribution in [0.5, 0.6) is 0 Å². The third kappa shape index (κ3) is 4.46. The molecule has 116 valence electrons. The Balaban J connectivity index is 1.88. The second-order valence-corrected chi connectivity index (χ2v) is 6.04. The fourth-order valence-electron chi connectivity index (χ4n) is 2.76. The predicted molar refractivity (Wildman–Crippen MR) is 88.6 cm³/mol. The molecule has 1 fully saturated rings. The lowest BCUT2D eigenvalue weighted by Crippen LogP contribution is -2.25. The maximum absolute atomic E-state index is 9.77. The lowest BCUT2D eigenvalue weighted by Gasteiger charge is -2.13. The van der Waals surface area contributed by atoms with Crippen molar-refractivity contribution in [2.24, 2.45) is 16.6 Å². The van der Waals surface area contributed by atoms with E-state index in [0.29, 0.717) is 18.4 Å². The fraction of sp³-hybridized carbons (Fsp3) is 0.588. The van der Waals surface area contributed by atoms with Crippen LogP contribution in [0.3, 0.4) is 0 Å². The molecule has 3 atom stereocenters. The Kier molecular flexibility index (Phi) is 5.62. The summed E-state index contributed by atoms with van der Waals surface area (Å²) in [5.41, 5.74) is 8.20.